The van der Waals surface area contributed by atoms with Crippen molar-refractivity contribution >= 4 is 5.78 Å². The summed E-state index contributed by atoms with van der Waals surface area (Å²) >= 11 is 0. The molecule has 1 saturated carbocycles. The van der Waals surface area contributed by atoms with Crippen molar-refractivity contribution in [1.82, 2.24) is 0 Å². The van der Waals surface area contributed by atoms with Crippen LogP contribution in [0.4, 0.5) is 4.39 Å². The second-order valence-electron chi connectivity index (χ2n) is 5.33. The molecule has 3 rings (SSSR count). The minimum absolute atomic E-state index is 0.00679. The number of carbonyl (C=O) groups is 1. The zero-order chi connectivity index (χ0) is 14.8. The van der Waals surface area contributed by atoms with Gasteiger partial charge in [0.25, 0.3) is 0 Å². The number of ketones is 1. The number of carbonyl (C=O) groups excluding carboxylic acids is 1. The van der Waals surface area contributed by atoms with Crippen LogP contribution in [0.5, 0.6) is 5.75 Å². The van der Waals surface area contributed by atoms with Gasteiger partial charge in [0, 0.05) is 11.5 Å². The number of halogens is 1. The normalized spacial score (nSPS) is 20.1. The molecule has 0 N–H and O–H groups in total. The van der Waals surface area contributed by atoms with Crippen LogP contribution in [0.1, 0.15) is 35.2 Å². The summed E-state index contributed by atoms with van der Waals surface area (Å²) in [6.07, 6.45) is 0.853. The maximum atomic E-state index is 12.9. The molecule has 2 aromatic carbocycles. The Labute approximate surface area is 123 Å². The molecule has 0 saturated heterocycles. The van der Waals surface area contributed by atoms with Crippen molar-refractivity contribution in [3.05, 3.63) is 65.5 Å². The smallest absolute Gasteiger partial charge is 0.166 e. The SMILES string of the molecule is CCOc1cccc(C2CC2C(=O)c2ccc(F)cc2)c1. The number of hydrogen-bond donors (Lipinski definition) is 0. The van der Waals surface area contributed by atoms with E-state index in [1.165, 1.54) is 12.1 Å². The lowest BCUT2D eigenvalue weighted by Gasteiger charge is -2.06. The zero-order valence-corrected chi connectivity index (χ0v) is 11.9. The molecular formula is C18H17FO2. The second-order valence-corrected chi connectivity index (χ2v) is 5.33. The monoisotopic (exact) mass is 284 g/mol. The third-order valence-corrected chi connectivity index (χ3v) is 3.85. The first kappa shape index (κ1) is 13.8. The summed E-state index contributed by atoms with van der Waals surface area (Å²) in [4.78, 5) is 12.4. The maximum Gasteiger partial charge on any atom is 0.166 e. The lowest BCUT2D eigenvalue weighted by atomic mass is 10.0. The van der Waals surface area contributed by atoms with E-state index >= 15 is 0 Å². The van der Waals surface area contributed by atoms with Crippen molar-refractivity contribution in [3.8, 4) is 5.75 Å². The van der Waals surface area contributed by atoms with Gasteiger partial charge in [0.05, 0.1) is 6.61 Å². The van der Waals surface area contributed by atoms with Crippen LogP contribution in [0.3, 0.4) is 0 Å². The lowest BCUT2D eigenvalue weighted by Crippen LogP contribution is -2.03. The summed E-state index contributed by atoms with van der Waals surface area (Å²) in [7, 11) is 0. The Kier molecular flexibility index (Phi) is 3.74. The summed E-state index contributed by atoms with van der Waals surface area (Å²) in [6.45, 7) is 2.58. The number of benzene rings is 2. The van der Waals surface area contributed by atoms with Crippen molar-refractivity contribution in [2.45, 2.75) is 19.3 Å². The average Bonchev–Trinajstić information content (AvgIpc) is 3.28. The van der Waals surface area contributed by atoms with Crippen LogP contribution >= 0.6 is 0 Å². The Morgan fingerprint density at radius 2 is 2.00 bits per heavy atom. The Hall–Kier alpha value is -2.16. The highest BCUT2D eigenvalue weighted by Crippen LogP contribution is 2.49. The minimum atomic E-state index is -0.316. The van der Waals surface area contributed by atoms with Crippen LogP contribution in [0.2, 0.25) is 0 Å². The molecule has 0 amide bonds. The number of ether oxygens (including phenoxy) is 1. The van der Waals surface area contributed by atoms with Gasteiger partial charge in [0.2, 0.25) is 0 Å². The summed E-state index contributed by atoms with van der Waals surface area (Å²) in [5, 5.41) is 0. The molecule has 3 heteroatoms. The molecule has 1 fully saturated rings. The van der Waals surface area contributed by atoms with Gasteiger partial charge in [0.15, 0.2) is 5.78 Å². The van der Waals surface area contributed by atoms with E-state index in [9.17, 15) is 9.18 Å². The van der Waals surface area contributed by atoms with Gasteiger partial charge in [-0.25, -0.2) is 4.39 Å². The second kappa shape index (κ2) is 5.68. The molecule has 0 radical (unpaired) electrons. The first-order chi connectivity index (χ1) is 10.2. The molecule has 0 aliphatic heterocycles. The lowest BCUT2D eigenvalue weighted by molar-refractivity contribution is 0.0965. The first-order valence-corrected chi connectivity index (χ1v) is 7.21. The largest absolute Gasteiger partial charge is 0.494 e. The van der Waals surface area contributed by atoms with E-state index in [-0.39, 0.29) is 23.4 Å². The van der Waals surface area contributed by atoms with Gasteiger partial charge in [0.1, 0.15) is 11.6 Å². The van der Waals surface area contributed by atoms with E-state index in [4.69, 9.17) is 4.74 Å². The van der Waals surface area contributed by atoms with Crippen LogP contribution in [-0.2, 0) is 0 Å². The van der Waals surface area contributed by atoms with Crippen LogP contribution in [0.15, 0.2) is 48.5 Å². The molecule has 2 unspecified atom stereocenters. The van der Waals surface area contributed by atoms with Gasteiger partial charge >= 0.3 is 0 Å². The van der Waals surface area contributed by atoms with Gasteiger partial charge in [-0.15, -0.1) is 0 Å². The summed E-state index contributed by atoms with van der Waals surface area (Å²) in [5.41, 5.74) is 1.73. The van der Waals surface area contributed by atoms with E-state index in [1.807, 2.05) is 31.2 Å². The summed E-state index contributed by atoms with van der Waals surface area (Å²) in [5.74, 6) is 0.885. The molecular weight excluding hydrogens is 267 g/mol. The topological polar surface area (TPSA) is 26.3 Å². The quantitative estimate of drug-likeness (QED) is 0.769. The van der Waals surface area contributed by atoms with E-state index in [2.05, 4.69) is 0 Å². The summed E-state index contributed by atoms with van der Waals surface area (Å²) < 4.78 is 18.4. The Morgan fingerprint density at radius 1 is 1.24 bits per heavy atom. The Bertz CT molecular complexity index is 649. The fourth-order valence-electron chi connectivity index (χ4n) is 2.68. The highest BCUT2D eigenvalue weighted by molar-refractivity contribution is 6.00. The molecule has 1 aliphatic rings. The molecule has 21 heavy (non-hydrogen) atoms. The maximum absolute atomic E-state index is 12.9. The molecule has 2 nitrogen and oxygen atoms in total. The molecule has 2 aromatic rings. The Balaban J connectivity index is 1.72. The first-order valence-electron chi connectivity index (χ1n) is 7.21. The van der Waals surface area contributed by atoms with Crippen LogP contribution < -0.4 is 4.74 Å². The molecule has 1 aliphatic carbocycles. The minimum Gasteiger partial charge on any atom is -0.494 e. The van der Waals surface area contributed by atoms with E-state index in [0.717, 1.165) is 17.7 Å². The molecule has 2 atom stereocenters. The molecule has 0 heterocycles. The molecule has 108 valence electrons. The van der Waals surface area contributed by atoms with Crippen molar-refractivity contribution in [2.24, 2.45) is 5.92 Å². The fraction of sp³-hybridized carbons (Fsp3) is 0.278. The molecule has 0 bridgehead atoms. The number of Topliss-reactive ketones (excluding diaryl/α,β-unsaturated/α-hetero) is 1. The van der Waals surface area contributed by atoms with Crippen LogP contribution in [0, 0.1) is 11.7 Å². The van der Waals surface area contributed by atoms with Crippen molar-refractivity contribution < 1.29 is 13.9 Å². The average molecular weight is 284 g/mol. The van der Waals surface area contributed by atoms with Crippen LogP contribution in [0.25, 0.3) is 0 Å². The van der Waals surface area contributed by atoms with E-state index in [1.54, 1.807) is 12.1 Å². The predicted molar refractivity (Wildman–Crippen MR) is 79.2 cm³/mol. The summed E-state index contributed by atoms with van der Waals surface area (Å²) in [6, 6.07) is 13.7. The third-order valence-electron chi connectivity index (χ3n) is 3.85. The molecule has 0 spiro atoms. The molecule has 0 aromatic heterocycles. The predicted octanol–water partition coefficient (Wildman–Crippen LogP) is 4.21. The van der Waals surface area contributed by atoms with E-state index < -0.39 is 0 Å². The van der Waals surface area contributed by atoms with Gasteiger partial charge in [-0.2, -0.15) is 0 Å². The van der Waals surface area contributed by atoms with Crippen molar-refractivity contribution in [3.63, 3.8) is 0 Å². The fourth-order valence-corrected chi connectivity index (χ4v) is 2.68. The number of rotatable bonds is 5. The van der Waals surface area contributed by atoms with Gasteiger partial charge in [-0.1, -0.05) is 12.1 Å². The van der Waals surface area contributed by atoms with Gasteiger partial charge in [-0.05, 0) is 61.2 Å². The van der Waals surface area contributed by atoms with Gasteiger partial charge < -0.3 is 4.74 Å². The van der Waals surface area contributed by atoms with Crippen molar-refractivity contribution in [1.29, 1.82) is 0 Å². The third kappa shape index (κ3) is 2.97. The van der Waals surface area contributed by atoms with E-state index in [0.29, 0.717) is 12.2 Å². The van der Waals surface area contributed by atoms with Crippen molar-refractivity contribution in [2.75, 3.05) is 6.61 Å². The van der Waals surface area contributed by atoms with Crippen LogP contribution in [-0.4, -0.2) is 12.4 Å². The highest BCUT2D eigenvalue weighted by atomic mass is 19.1. The Morgan fingerprint density at radius 3 is 2.71 bits per heavy atom. The zero-order valence-electron chi connectivity index (χ0n) is 11.9. The number of hydrogen-bond acceptors (Lipinski definition) is 2. The van der Waals surface area contributed by atoms with Gasteiger partial charge in [-0.3, -0.25) is 4.79 Å². The highest BCUT2D eigenvalue weighted by Gasteiger charge is 2.44. The standard InChI is InChI=1S/C18H17FO2/c1-2-21-15-5-3-4-13(10-15)16-11-17(16)18(20)12-6-8-14(19)9-7-12/h3-10,16-17H,2,11H2,1H3.